The third-order valence-corrected chi connectivity index (χ3v) is 4.70. The maximum Gasteiger partial charge on any atom is 0.248 e. The van der Waals surface area contributed by atoms with Gasteiger partial charge in [-0.05, 0) is 12.1 Å². The van der Waals surface area contributed by atoms with Crippen LogP contribution in [0.2, 0.25) is 0 Å². The van der Waals surface area contributed by atoms with Crippen LogP contribution < -0.4 is 0 Å². The van der Waals surface area contributed by atoms with E-state index in [1.54, 1.807) is 14.1 Å². The number of fused-ring (bicyclic) bond motifs is 1. The van der Waals surface area contributed by atoms with Crippen LogP contribution in [0.5, 0.6) is 0 Å². The molecule has 1 amide bonds. The van der Waals surface area contributed by atoms with E-state index >= 15 is 0 Å². The van der Waals surface area contributed by atoms with Gasteiger partial charge in [-0.15, -0.1) is 0 Å². The summed E-state index contributed by atoms with van der Waals surface area (Å²) >= 11 is 0. The lowest BCUT2D eigenvalue weighted by Crippen LogP contribution is -2.38. The van der Waals surface area contributed by atoms with Gasteiger partial charge >= 0.3 is 0 Å². The van der Waals surface area contributed by atoms with Gasteiger partial charge in [0.2, 0.25) is 15.9 Å². The molecule has 1 aliphatic heterocycles. The lowest BCUT2D eigenvalue weighted by molar-refractivity contribution is -0.136. The van der Waals surface area contributed by atoms with Crippen molar-refractivity contribution in [2.75, 3.05) is 33.5 Å². The van der Waals surface area contributed by atoms with Gasteiger partial charge in [0, 0.05) is 39.1 Å². The van der Waals surface area contributed by atoms with Crippen LogP contribution in [0.1, 0.15) is 5.69 Å². The van der Waals surface area contributed by atoms with Crippen LogP contribution in [0.4, 0.5) is 0 Å². The second kappa shape index (κ2) is 6.17. The minimum absolute atomic E-state index is 0.0497. The molecule has 0 saturated carbocycles. The Morgan fingerprint density at radius 2 is 2.14 bits per heavy atom. The van der Waals surface area contributed by atoms with Crippen LogP contribution in [0.15, 0.2) is 18.3 Å². The van der Waals surface area contributed by atoms with Crippen molar-refractivity contribution in [3.05, 3.63) is 24.0 Å². The van der Waals surface area contributed by atoms with Gasteiger partial charge in [-0.3, -0.25) is 4.79 Å². The van der Waals surface area contributed by atoms with Gasteiger partial charge in [-0.2, -0.15) is 4.31 Å². The number of hydrogen-bond donors (Lipinski definition) is 0. The van der Waals surface area contributed by atoms with E-state index in [0.717, 1.165) is 5.69 Å². The normalized spacial score (nSPS) is 19.9. The number of carbonyl (C=O) groups is 1. The first kappa shape index (κ1) is 16.0. The second-order valence-electron chi connectivity index (χ2n) is 5.43. The van der Waals surface area contributed by atoms with Crippen LogP contribution in [0, 0.1) is 0 Å². The van der Waals surface area contributed by atoms with E-state index in [4.69, 9.17) is 4.74 Å². The molecule has 0 bridgehead atoms. The molecule has 0 fully saturated rings. The summed E-state index contributed by atoms with van der Waals surface area (Å²) in [4.78, 5) is 13.1. The largest absolute Gasteiger partial charge is 0.365 e. The first-order valence-corrected chi connectivity index (χ1v) is 8.53. The zero-order valence-corrected chi connectivity index (χ0v) is 13.3. The Morgan fingerprint density at radius 3 is 2.76 bits per heavy atom. The highest BCUT2D eigenvalue weighted by atomic mass is 32.2. The maximum atomic E-state index is 11.8. The molecule has 2 heterocycles. The lowest BCUT2D eigenvalue weighted by atomic mass is 10.3. The number of sulfonamides is 1. The van der Waals surface area contributed by atoms with Crippen molar-refractivity contribution in [1.82, 2.24) is 13.8 Å². The number of nitrogens with zero attached hydrogens (tertiary/aromatic N) is 3. The minimum atomic E-state index is -3.31. The van der Waals surface area contributed by atoms with E-state index in [2.05, 4.69) is 0 Å². The molecule has 0 aliphatic carbocycles. The van der Waals surface area contributed by atoms with Crippen LogP contribution in [0.3, 0.4) is 0 Å². The fraction of sp³-hybridized carbons (Fsp3) is 0.615. The molecule has 0 N–H and O–H groups in total. The molecule has 1 atom stereocenters. The number of rotatable bonds is 4. The van der Waals surface area contributed by atoms with Crippen LogP contribution in [-0.4, -0.2) is 67.7 Å². The van der Waals surface area contributed by atoms with Gasteiger partial charge in [0.25, 0.3) is 0 Å². The molecular weight excluding hydrogens is 294 g/mol. The Balaban J connectivity index is 2.13. The van der Waals surface area contributed by atoms with Crippen LogP contribution in [-0.2, 0) is 32.6 Å². The topological polar surface area (TPSA) is 71.8 Å². The van der Waals surface area contributed by atoms with E-state index in [-0.39, 0.29) is 25.2 Å². The van der Waals surface area contributed by atoms with Crippen molar-refractivity contribution in [2.45, 2.75) is 19.2 Å². The standard InChI is InChI=1S/C13H21N3O4S/c1-14(2)13(17)10-20-12-8-15-6-4-5-11(15)7-16(9-12)21(3,18)19/h4-6,12H,7-10H2,1-3H3. The molecule has 0 saturated heterocycles. The third-order valence-electron chi connectivity index (χ3n) is 3.48. The van der Waals surface area contributed by atoms with Crippen LogP contribution >= 0.6 is 0 Å². The summed E-state index contributed by atoms with van der Waals surface area (Å²) in [5.41, 5.74) is 0.922. The molecule has 0 aromatic carbocycles. The van der Waals surface area contributed by atoms with Gasteiger partial charge in [-0.1, -0.05) is 0 Å². The van der Waals surface area contributed by atoms with Crippen LogP contribution in [0.25, 0.3) is 0 Å². The monoisotopic (exact) mass is 315 g/mol. The third kappa shape index (κ3) is 4.05. The molecule has 118 valence electrons. The SMILES string of the molecule is CN(C)C(=O)COC1CN(S(C)(=O)=O)Cc2cccn2C1. The fourth-order valence-corrected chi connectivity index (χ4v) is 3.00. The molecule has 8 heteroatoms. The average Bonchev–Trinajstić information content (AvgIpc) is 2.72. The number of carbonyl (C=O) groups excluding carboxylic acids is 1. The molecule has 1 aliphatic rings. The van der Waals surface area contributed by atoms with E-state index in [0.29, 0.717) is 13.1 Å². The van der Waals surface area contributed by atoms with Crippen molar-refractivity contribution in [3.8, 4) is 0 Å². The van der Waals surface area contributed by atoms with Crippen molar-refractivity contribution in [1.29, 1.82) is 0 Å². The van der Waals surface area contributed by atoms with Crippen molar-refractivity contribution < 1.29 is 17.9 Å². The van der Waals surface area contributed by atoms with Crippen molar-refractivity contribution >= 4 is 15.9 Å². The summed E-state index contributed by atoms with van der Waals surface area (Å²) in [6.45, 7) is 1.06. The summed E-state index contributed by atoms with van der Waals surface area (Å²) < 4.78 is 32.7. The Labute approximate surface area is 125 Å². The molecule has 1 unspecified atom stereocenters. The predicted molar refractivity (Wildman–Crippen MR) is 78.1 cm³/mol. The molecule has 1 aromatic heterocycles. The summed E-state index contributed by atoms with van der Waals surface area (Å²) in [5.74, 6) is -0.141. The highest BCUT2D eigenvalue weighted by Crippen LogP contribution is 2.17. The number of aromatic nitrogens is 1. The fourth-order valence-electron chi connectivity index (χ4n) is 2.20. The first-order valence-electron chi connectivity index (χ1n) is 6.68. The Bertz CT molecular complexity index is 609. The number of hydrogen-bond acceptors (Lipinski definition) is 4. The molecule has 0 radical (unpaired) electrons. The second-order valence-corrected chi connectivity index (χ2v) is 7.41. The predicted octanol–water partition coefficient (Wildman–Crippen LogP) is -0.263. The summed E-state index contributed by atoms with van der Waals surface area (Å²) in [7, 11) is 0.00378. The Morgan fingerprint density at radius 1 is 1.43 bits per heavy atom. The molecule has 0 spiro atoms. The van der Waals surface area contributed by atoms with Crippen molar-refractivity contribution in [3.63, 3.8) is 0 Å². The number of likely N-dealkylation sites (N-methyl/N-ethyl adjacent to an activating group) is 1. The van der Waals surface area contributed by atoms with Gasteiger partial charge in [0.1, 0.15) is 6.61 Å². The molecule has 2 rings (SSSR count). The van der Waals surface area contributed by atoms with Gasteiger partial charge < -0.3 is 14.2 Å². The molecule has 21 heavy (non-hydrogen) atoms. The van der Waals surface area contributed by atoms with E-state index in [1.165, 1.54) is 15.5 Å². The molecular formula is C13H21N3O4S. The Kier molecular flexibility index (Phi) is 4.70. The summed E-state index contributed by atoms with van der Waals surface area (Å²) in [5, 5.41) is 0. The first-order chi connectivity index (χ1) is 9.77. The van der Waals surface area contributed by atoms with Gasteiger partial charge in [0.05, 0.1) is 18.9 Å². The van der Waals surface area contributed by atoms with Gasteiger partial charge in [-0.25, -0.2) is 8.42 Å². The average molecular weight is 315 g/mol. The quantitative estimate of drug-likeness (QED) is 0.767. The Hall–Kier alpha value is -1.38. The smallest absolute Gasteiger partial charge is 0.248 e. The number of ether oxygens (including phenoxy) is 1. The summed E-state index contributed by atoms with van der Waals surface area (Å²) in [6, 6.07) is 3.77. The minimum Gasteiger partial charge on any atom is -0.365 e. The maximum absolute atomic E-state index is 11.8. The molecule has 1 aromatic rings. The zero-order valence-electron chi connectivity index (χ0n) is 12.5. The van der Waals surface area contributed by atoms with E-state index < -0.39 is 10.0 Å². The highest BCUT2D eigenvalue weighted by molar-refractivity contribution is 7.88. The summed E-state index contributed by atoms with van der Waals surface area (Å²) in [6.07, 6.45) is 2.73. The zero-order chi connectivity index (χ0) is 15.6. The van der Waals surface area contributed by atoms with Crippen molar-refractivity contribution in [2.24, 2.45) is 0 Å². The number of amides is 1. The highest BCUT2D eigenvalue weighted by Gasteiger charge is 2.27. The van der Waals surface area contributed by atoms with Gasteiger partial charge in [0.15, 0.2) is 0 Å². The van der Waals surface area contributed by atoms with E-state index in [9.17, 15) is 13.2 Å². The van der Waals surface area contributed by atoms with E-state index in [1.807, 2.05) is 22.9 Å². The molecule has 7 nitrogen and oxygen atoms in total. The lowest BCUT2D eigenvalue weighted by Gasteiger charge is -2.22.